The highest BCUT2D eigenvalue weighted by Crippen LogP contribution is 2.18. The van der Waals surface area contributed by atoms with Crippen LogP contribution >= 0.6 is 11.8 Å². The van der Waals surface area contributed by atoms with Gasteiger partial charge in [0, 0.05) is 0 Å². The van der Waals surface area contributed by atoms with E-state index < -0.39 is 5.97 Å². The van der Waals surface area contributed by atoms with Crippen LogP contribution in [0.1, 0.15) is 6.92 Å². The lowest BCUT2D eigenvalue weighted by molar-refractivity contribution is -0.145. The zero-order chi connectivity index (χ0) is 10.6. The van der Waals surface area contributed by atoms with Crippen molar-refractivity contribution in [2.24, 2.45) is 10.9 Å². The second-order valence-electron chi connectivity index (χ2n) is 2.49. The van der Waals surface area contributed by atoms with E-state index in [4.69, 9.17) is 10.6 Å². The van der Waals surface area contributed by atoms with Crippen LogP contribution in [-0.2, 0) is 14.3 Å². The summed E-state index contributed by atoms with van der Waals surface area (Å²) in [5.74, 6) is 4.70. The lowest BCUT2D eigenvalue weighted by atomic mass is 10.5. The molecule has 2 N–H and O–H groups in total. The van der Waals surface area contributed by atoms with Gasteiger partial charge in [-0.2, -0.15) is 5.10 Å². The SMILES string of the molecule is CCOC(=O)CN1C(=O)CSC1=NN. The molecule has 1 rings (SSSR count). The second kappa shape index (κ2) is 4.85. The fourth-order valence-corrected chi connectivity index (χ4v) is 1.79. The molecule has 1 amide bonds. The number of rotatable bonds is 3. The predicted octanol–water partition coefficient (Wildman–Crippen LogP) is -0.645. The van der Waals surface area contributed by atoms with Gasteiger partial charge in [-0.3, -0.25) is 14.5 Å². The Labute approximate surface area is 85.4 Å². The summed E-state index contributed by atoms with van der Waals surface area (Å²) in [7, 11) is 0. The smallest absolute Gasteiger partial charge is 0.326 e. The largest absolute Gasteiger partial charge is 0.465 e. The van der Waals surface area contributed by atoms with E-state index in [1.165, 1.54) is 16.7 Å². The summed E-state index contributed by atoms with van der Waals surface area (Å²) >= 11 is 1.21. The molecule has 1 heterocycles. The van der Waals surface area contributed by atoms with E-state index in [9.17, 15) is 9.59 Å². The van der Waals surface area contributed by atoms with Gasteiger partial charge < -0.3 is 10.6 Å². The van der Waals surface area contributed by atoms with Crippen LogP contribution in [0.5, 0.6) is 0 Å². The molecule has 1 saturated heterocycles. The van der Waals surface area contributed by atoms with Gasteiger partial charge in [0.05, 0.1) is 12.4 Å². The lowest BCUT2D eigenvalue weighted by Crippen LogP contribution is -2.35. The normalized spacial score (nSPS) is 19.1. The van der Waals surface area contributed by atoms with E-state index in [1.807, 2.05) is 0 Å². The second-order valence-corrected chi connectivity index (χ2v) is 3.43. The molecule has 0 aliphatic carbocycles. The molecule has 14 heavy (non-hydrogen) atoms. The van der Waals surface area contributed by atoms with E-state index in [0.29, 0.717) is 11.8 Å². The predicted molar refractivity (Wildman–Crippen MR) is 52.4 cm³/mol. The van der Waals surface area contributed by atoms with Gasteiger partial charge in [0.15, 0.2) is 5.17 Å². The Morgan fingerprint density at radius 1 is 1.79 bits per heavy atom. The number of esters is 1. The summed E-state index contributed by atoms with van der Waals surface area (Å²) < 4.78 is 4.71. The van der Waals surface area contributed by atoms with E-state index in [-0.39, 0.29) is 18.2 Å². The summed E-state index contributed by atoms with van der Waals surface area (Å²) in [5, 5.41) is 3.77. The number of hydrogen-bond donors (Lipinski definition) is 1. The average Bonchev–Trinajstić information content (AvgIpc) is 2.48. The summed E-state index contributed by atoms with van der Waals surface area (Å²) in [6.45, 7) is 1.88. The molecule has 78 valence electrons. The molecule has 0 spiro atoms. The van der Waals surface area contributed by atoms with Crippen LogP contribution in [0.4, 0.5) is 0 Å². The molecule has 0 aromatic heterocycles. The molecule has 6 nitrogen and oxygen atoms in total. The van der Waals surface area contributed by atoms with Crippen molar-refractivity contribution in [1.29, 1.82) is 0 Å². The Kier molecular flexibility index (Phi) is 3.75. The number of carbonyl (C=O) groups is 2. The molecule has 1 aliphatic heterocycles. The Morgan fingerprint density at radius 3 is 3.07 bits per heavy atom. The Bertz CT molecular complexity index is 279. The molecule has 0 unspecified atom stereocenters. The van der Waals surface area contributed by atoms with E-state index in [2.05, 4.69) is 5.10 Å². The van der Waals surface area contributed by atoms with Gasteiger partial charge in [0.1, 0.15) is 6.54 Å². The zero-order valence-electron chi connectivity index (χ0n) is 7.73. The van der Waals surface area contributed by atoms with Gasteiger partial charge >= 0.3 is 5.97 Å². The average molecular weight is 217 g/mol. The number of nitrogens with two attached hydrogens (primary N) is 1. The van der Waals surface area contributed by atoms with Crippen LogP contribution in [0, 0.1) is 0 Å². The molecule has 1 fully saturated rings. The first-order chi connectivity index (χ1) is 6.69. The highest BCUT2D eigenvalue weighted by molar-refractivity contribution is 8.15. The molecular formula is C7H11N3O3S. The molecule has 0 aromatic carbocycles. The van der Waals surface area contributed by atoms with E-state index in [1.54, 1.807) is 6.92 Å². The van der Waals surface area contributed by atoms with Crippen molar-refractivity contribution in [3.05, 3.63) is 0 Å². The molecule has 0 radical (unpaired) electrons. The molecular weight excluding hydrogens is 206 g/mol. The first kappa shape index (κ1) is 10.8. The van der Waals surface area contributed by atoms with Gasteiger partial charge in [-0.15, -0.1) is 0 Å². The topological polar surface area (TPSA) is 85.0 Å². The molecule has 0 atom stereocenters. The van der Waals surface area contributed by atoms with Gasteiger partial charge in [0.25, 0.3) is 0 Å². The van der Waals surface area contributed by atoms with E-state index >= 15 is 0 Å². The van der Waals surface area contributed by atoms with Crippen molar-refractivity contribution in [3.8, 4) is 0 Å². The molecule has 0 saturated carbocycles. The van der Waals surface area contributed by atoms with Gasteiger partial charge in [0.2, 0.25) is 5.91 Å². The maximum Gasteiger partial charge on any atom is 0.326 e. The van der Waals surface area contributed by atoms with Crippen LogP contribution in [-0.4, -0.2) is 40.8 Å². The number of amides is 1. The zero-order valence-corrected chi connectivity index (χ0v) is 8.54. The van der Waals surface area contributed by atoms with Crippen molar-refractivity contribution in [3.63, 3.8) is 0 Å². The number of hydrogen-bond acceptors (Lipinski definition) is 6. The Balaban J connectivity index is 2.57. The van der Waals surface area contributed by atoms with Crippen LogP contribution in [0.25, 0.3) is 0 Å². The highest BCUT2D eigenvalue weighted by Gasteiger charge is 2.30. The fraction of sp³-hybridized carbons (Fsp3) is 0.571. The number of hydrazone groups is 1. The fourth-order valence-electron chi connectivity index (χ4n) is 0.987. The Morgan fingerprint density at radius 2 is 2.50 bits per heavy atom. The monoisotopic (exact) mass is 217 g/mol. The van der Waals surface area contributed by atoms with Crippen LogP contribution in [0.2, 0.25) is 0 Å². The van der Waals surface area contributed by atoms with Gasteiger partial charge in [-0.1, -0.05) is 11.8 Å². The number of ether oxygens (including phenoxy) is 1. The standard InChI is InChI=1S/C7H11N3O3S/c1-2-13-6(12)3-10-5(11)4-14-7(10)9-8/h2-4,8H2,1H3. The van der Waals surface area contributed by atoms with Crippen molar-refractivity contribution in [2.75, 3.05) is 18.9 Å². The summed E-state index contributed by atoms with van der Waals surface area (Å²) in [5.41, 5.74) is 0. The lowest BCUT2D eigenvalue weighted by Gasteiger charge is -2.13. The maximum atomic E-state index is 11.2. The molecule has 7 heteroatoms. The first-order valence-corrected chi connectivity index (χ1v) is 5.04. The molecule has 0 aromatic rings. The third kappa shape index (κ3) is 2.38. The van der Waals surface area contributed by atoms with Crippen molar-refractivity contribution < 1.29 is 14.3 Å². The quantitative estimate of drug-likeness (QED) is 0.386. The number of nitrogens with zero attached hydrogens (tertiary/aromatic N) is 2. The van der Waals surface area contributed by atoms with E-state index in [0.717, 1.165) is 0 Å². The van der Waals surface area contributed by atoms with Gasteiger partial charge in [-0.25, -0.2) is 0 Å². The van der Waals surface area contributed by atoms with Crippen molar-refractivity contribution in [1.82, 2.24) is 4.90 Å². The van der Waals surface area contributed by atoms with Crippen molar-refractivity contribution >= 4 is 28.8 Å². The minimum Gasteiger partial charge on any atom is -0.465 e. The Hall–Kier alpha value is -1.24. The summed E-state index contributed by atoms with van der Waals surface area (Å²) in [6.07, 6.45) is 0. The number of carbonyl (C=O) groups excluding carboxylic acids is 2. The molecule has 0 bridgehead atoms. The third-order valence-electron chi connectivity index (χ3n) is 1.56. The van der Waals surface area contributed by atoms with Gasteiger partial charge in [-0.05, 0) is 6.92 Å². The third-order valence-corrected chi connectivity index (χ3v) is 2.53. The molecule has 1 aliphatic rings. The number of thioether (sulfide) groups is 1. The number of amidine groups is 1. The van der Waals surface area contributed by atoms with Crippen LogP contribution < -0.4 is 5.84 Å². The van der Waals surface area contributed by atoms with Crippen molar-refractivity contribution in [2.45, 2.75) is 6.92 Å². The highest BCUT2D eigenvalue weighted by atomic mass is 32.2. The minimum absolute atomic E-state index is 0.115. The first-order valence-electron chi connectivity index (χ1n) is 4.05. The van der Waals surface area contributed by atoms with Crippen LogP contribution in [0.15, 0.2) is 5.10 Å². The summed E-state index contributed by atoms with van der Waals surface area (Å²) in [6, 6.07) is 0. The minimum atomic E-state index is -0.454. The van der Waals surface area contributed by atoms with Crippen LogP contribution in [0.3, 0.4) is 0 Å². The summed E-state index contributed by atoms with van der Waals surface area (Å²) in [4.78, 5) is 23.6. The maximum absolute atomic E-state index is 11.2.